The lowest BCUT2D eigenvalue weighted by atomic mass is 10.1. The predicted molar refractivity (Wildman–Crippen MR) is 98.7 cm³/mol. The number of aryl methyl sites for hydroxylation is 1. The van der Waals surface area contributed by atoms with Crippen LogP contribution in [0.3, 0.4) is 0 Å². The molecule has 0 saturated carbocycles. The van der Waals surface area contributed by atoms with Crippen LogP contribution >= 0.6 is 0 Å². The Bertz CT molecular complexity index is 640. The molecular weight excluding hydrogens is 316 g/mol. The van der Waals surface area contributed by atoms with E-state index in [1.165, 1.54) is 32.4 Å². The average Bonchev–Trinajstić information content (AvgIpc) is 3.06. The first kappa shape index (κ1) is 17.7. The van der Waals surface area contributed by atoms with Gasteiger partial charge in [0.2, 0.25) is 5.91 Å². The summed E-state index contributed by atoms with van der Waals surface area (Å²) in [6, 6.07) is 5.04. The molecule has 1 aromatic rings. The summed E-state index contributed by atoms with van der Waals surface area (Å²) in [4.78, 5) is 28.3. The van der Waals surface area contributed by atoms with Crippen molar-refractivity contribution in [2.45, 2.75) is 32.6 Å². The minimum Gasteiger partial charge on any atom is -0.366 e. The van der Waals surface area contributed by atoms with Gasteiger partial charge in [0.15, 0.2) is 0 Å². The second-order valence-electron chi connectivity index (χ2n) is 7.29. The molecule has 25 heavy (non-hydrogen) atoms. The van der Waals surface area contributed by atoms with E-state index in [9.17, 15) is 9.59 Å². The van der Waals surface area contributed by atoms with Crippen LogP contribution in [0.1, 0.15) is 41.6 Å². The molecule has 3 N–H and O–H groups in total. The quantitative estimate of drug-likeness (QED) is 0.880. The zero-order chi connectivity index (χ0) is 17.8. The minimum absolute atomic E-state index is 0.0918. The molecule has 0 spiro atoms. The Morgan fingerprint density at radius 3 is 2.68 bits per heavy atom. The number of carbonyl (C=O) groups is 2. The Morgan fingerprint density at radius 2 is 1.96 bits per heavy atom. The molecule has 2 saturated heterocycles. The summed E-state index contributed by atoms with van der Waals surface area (Å²) < 4.78 is 0. The molecule has 0 radical (unpaired) electrons. The van der Waals surface area contributed by atoms with E-state index in [0.717, 1.165) is 31.6 Å². The third kappa shape index (κ3) is 4.51. The molecule has 3 amide bonds. The molecule has 1 aromatic carbocycles. The second kappa shape index (κ2) is 7.87. The fourth-order valence-corrected chi connectivity index (χ4v) is 3.78. The molecule has 2 aliphatic heterocycles. The van der Waals surface area contributed by atoms with E-state index in [-0.39, 0.29) is 6.03 Å². The number of anilines is 1. The van der Waals surface area contributed by atoms with Gasteiger partial charge in [0.1, 0.15) is 0 Å². The van der Waals surface area contributed by atoms with Gasteiger partial charge >= 0.3 is 6.03 Å². The first-order valence-electron chi connectivity index (χ1n) is 9.21. The zero-order valence-electron chi connectivity index (χ0n) is 15.0. The Hall–Kier alpha value is -2.08. The number of amides is 3. The van der Waals surface area contributed by atoms with Gasteiger partial charge in [0, 0.05) is 30.9 Å². The first-order chi connectivity index (χ1) is 12.0. The minimum atomic E-state index is -0.488. The summed E-state index contributed by atoms with van der Waals surface area (Å²) in [6.07, 6.45) is 5.00. The number of nitrogens with one attached hydrogen (secondary N) is 1. The van der Waals surface area contributed by atoms with Crippen molar-refractivity contribution in [1.82, 2.24) is 9.80 Å². The van der Waals surface area contributed by atoms with Crippen LogP contribution in [0.4, 0.5) is 10.5 Å². The largest absolute Gasteiger partial charge is 0.366 e. The van der Waals surface area contributed by atoms with Crippen molar-refractivity contribution in [3.05, 3.63) is 29.3 Å². The molecule has 136 valence electrons. The lowest BCUT2D eigenvalue weighted by Gasteiger charge is -2.29. The fraction of sp³-hybridized carbons (Fsp3) is 0.579. The van der Waals surface area contributed by atoms with Crippen molar-refractivity contribution in [3.63, 3.8) is 0 Å². The van der Waals surface area contributed by atoms with Gasteiger partial charge in [-0.3, -0.25) is 4.79 Å². The monoisotopic (exact) mass is 344 g/mol. The predicted octanol–water partition coefficient (Wildman–Crippen LogP) is 2.43. The number of carbonyl (C=O) groups excluding carboxylic acids is 2. The van der Waals surface area contributed by atoms with Gasteiger partial charge in [-0.15, -0.1) is 0 Å². The maximum absolute atomic E-state index is 12.6. The van der Waals surface area contributed by atoms with Gasteiger partial charge < -0.3 is 20.9 Å². The van der Waals surface area contributed by atoms with Crippen molar-refractivity contribution in [1.29, 1.82) is 0 Å². The Morgan fingerprint density at radius 1 is 1.20 bits per heavy atom. The third-order valence-corrected chi connectivity index (χ3v) is 5.30. The van der Waals surface area contributed by atoms with Gasteiger partial charge in [-0.25, -0.2) is 4.79 Å². The van der Waals surface area contributed by atoms with E-state index in [1.807, 2.05) is 11.8 Å². The number of nitrogens with zero attached hydrogens (tertiary/aromatic N) is 2. The number of likely N-dealkylation sites (tertiary alicyclic amines) is 2. The molecule has 3 rings (SSSR count). The first-order valence-corrected chi connectivity index (χ1v) is 9.21. The number of benzene rings is 1. The Balaban J connectivity index is 1.55. The molecule has 0 bridgehead atoms. The second-order valence-corrected chi connectivity index (χ2v) is 7.29. The smallest absolute Gasteiger partial charge is 0.321 e. The molecule has 0 aliphatic carbocycles. The maximum atomic E-state index is 12.6. The molecule has 2 fully saturated rings. The van der Waals surface area contributed by atoms with Crippen molar-refractivity contribution >= 4 is 17.6 Å². The summed E-state index contributed by atoms with van der Waals surface area (Å²) >= 11 is 0. The summed E-state index contributed by atoms with van der Waals surface area (Å²) in [5.74, 6) is 0.0696. The van der Waals surface area contributed by atoms with Crippen LogP contribution in [0.25, 0.3) is 0 Å². The summed E-state index contributed by atoms with van der Waals surface area (Å²) in [6.45, 7) is 6.99. The lowest BCUT2D eigenvalue weighted by molar-refractivity contribution is 0.1000. The number of piperidine rings is 1. The number of primary amides is 1. The topological polar surface area (TPSA) is 78.7 Å². The molecule has 6 nitrogen and oxygen atoms in total. The average molecular weight is 344 g/mol. The molecule has 2 heterocycles. The van der Waals surface area contributed by atoms with E-state index in [2.05, 4.69) is 10.2 Å². The van der Waals surface area contributed by atoms with Crippen molar-refractivity contribution < 1.29 is 9.59 Å². The third-order valence-electron chi connectivity index (χ3n) is 5.30. The van der Waals surface area contributed by atoms with Crippen molar-refractivity contribution in [2.75, 3.05) is 38.0 Å². The number of hydrogen-bond donors (Lipinski definition) is 2. The van der Waals surface area contributed by atoms with Gasteiger partial charge in [-0.2, -0.15) is 0 Å². The van der Waals surface area contributed by atoms with Crippen LogP contribution in [-0.2, 0) is 0 Å². The standard InChI is InChI=1S/C19H28N4O2/c1-14-5-6-16(18(20)24)11-17(14)21-19(25)23-10-7-15(13-23)12-22-8-3-2-4-9-22/h5-6,11,15H,2-4,7-10,12-13H2,1H3,(H2,20,24)(H,21,25). The van der Waals surface area contributed by atoms with Gasteiger partial charge in [0.25, 0.3) is 0 Å². The lowest BCUT2D eigenvalue weighted by Crippen LogP contribution is -2.37. The van der Waals surface area contributed by atoms with Gasteiger partial charge in [-0.1, -0.05) is 12.5 Å². The maximum Gasteiger partial charge on any atom is 0.321 e. The number of nitrogens with two attached hydrogens (primary N) is 1. The highest BCUT2D eigenvalue weighted by molar-refractivity contribution is 5.96. The Labute approximate surface area is 149 Å². The van der Waals surface area contributed by atoms with Gasteiger partial charge in [-0.05, 0) is 62.9 Å². The number of hydrogen-bond acceptors (Lipinski definition) is 3. The van der Waals surface area contributed by atoms with Crippen LogP contribution in [0, 0.1) is 12.8 Å². The highest BCUT2D eigenvalue weighted by atomic mass is 16.2. The molecule has 2 aliphatic rings. The van der Waals surface area contributed by atoms with Gasteiger partial charge in [0.05, 0.1) is 0 Å². The van der Waals surface area contributed by atoms with E-state index in [1.54, 1.807) is 18.2 Å². The van der Waals surface area contributed by atoms with Crippen LogP contribution in [0.15, 0.2) is 18.2 Å². The van der Waals surface area contributed by atoms with Crippen LogP contribution in [-0.4, -0.2) is 54.5 Å². The fourth-order valence-electron chi connectivity index (χ4n) is 3.78. The summed E-state index contributed by atoms with van der Waals surface area (Å²) in [5, 5.41) is 2.94. The molecule has 0 aromatic heterocycles. The summed E-state index contributed by atoms with van der Waals surface area (Å²) in [7, 11) is 0. The summed E-state index contributed by atoms with van der Waals surface area (Å²) in [5.41, 5.74) is 7.31. The molecule has 1 unspecified atom stereocenters. The zero-order valence-corrected chi connectivity index (χ0v) is 15.0. The van der Waals surface area contributed by atoms with E-state index < -0.39 is 5.91 Å². The highest BCUT2D eigenvalue weighted by Gasteiger charge is 2.28. The van der Waals surface area contributed by atoms with E-state index in [4.69, 9.17) is 5.73 Å². The van der Waals surface area contributed by atoms with Crippen LogP contribution in [0.2, 0.25) is 0 Å². The highest BCUT2D eigenvalue weighted by Crippen LogP contribution is 2.22. The van der Waals surface area contributed by atoms with Crippen LogP contribution in [0.5, 0.6) is 0 Å². The number of urea groups is 1. The SMILES string of the molecule is Cc1ccc(C(N)=O)cc1NC(=O)N1CCC(CN2CCCCC2)C1. The molecular formula is C19H28N4O2. The van der Waals surface area contributed by atoms with E-state index in [0.29, 0.717) is 17.2 Å². The van der Waals surface area contributed by atoms with E-state index >= 15 is 0 Å². The molecule has 1 atom stereocenters. The van der Waals surface area contributed by atoms with Crippen molar-refractivity contribution in [2.24, 2.45) is 11.7 Å². The van der Waals surface area contributed by atoms with Crippen molar-refractivity contribution in [3.8, 4) is 0 Å². The normalized spacial score (nSPS) is 21.3. The molecule has 6 heteroatoms. The Kier molecular flexibility index (Phi) is 5.58. The van der Waals surface area contributed by atoms with Crippen LogP contribution < -0.4 is 11.1 Å². The number of rotatable bonds is 4.